The van der Waals surface area contributed by atoms with Crippen molar-refractivity contribution >= 4 is 76.4 Å². The Labute approximate surface area is 475 Å². The van der Waals surface area contributed by atoms with E-state index in [4.69, 9.17) is 45.9 Å². The van der Waals surface area contributed by atoms with Crippen molar-refractivity contribution in [1.29, 1.82) is 0 Å². The number of hydrogen-bond donors (Lipinski definition) is 13. The van der Waals surface area contributed by atoms with Crippen LogP contribution < -0.4 is 67.1 Å². The fraction of sp³-hybridized carbons (Fsp3) is 0.655. The lowest BCUT2D eigenvalue weighted by molar-refractivity contribution is -0.136. The third kappa shape index (κ3) is 31.2. The van der Waals surface area contributed by atoms with Gasteiger partial charge in [-0.05, 0) is 107 Å². The van der Waals surface area contributed by atoms with Gasteiger partial charge in [0, 0.05) is 82.2 Å². The number of nitrogens with one attached hydrogen (secondary N) is 4. The Kier molecular flexibility index (Phi) is 33.7. The van der Waals surface area contributed by atoms with Crippen molar-refractivity contribution in [3.05, 3.63) is 29.8 Å². The third-order valence-corrected chi connectivity index (χ3v) is 13.4. The van der Waals surface area contributed by atoms with Crippen LogP contribution in [0.25, 0.3) is 0 Å². The zero-order chi connectivity index (χ0) is 61.4. The minimum atomic E-state index is -1.50. The topological polar surface area (TPSA) is 489 Å². The van der Waals surface area contributed by atoms with Crippen LogP contribution in [0.3, 0.4) is 0 Å². The summed E-state index contributed by atoms with van der Waals surface area (Å²) in [6.07, 6.45) is -1.09. The van der Waals surface area contributed by atoms with Gasteiger partial charge in [0.1, 0.15) is 5.75 Å². The lowest BCUT2D eigenvalue weighted by atomic mass is 9.87. The quantitative estimate of drug-likeness (QED) is 0.0223. The van der Waals surface area contributed by atoms with Gasteiger partial charge in [-0.3, -0.25) is 62.7 Å². The molecule has 0 aliphatic rings. The maximum Gasteiger partial charge on any atom is 0.224 e. The Balaban J connectivity index is 3.79. The number of unbranched alkanes of at least 4 members (excludes halogenated alkanes) is 1. The van der Waals surface area contributed by atoms with Gasteiger partial charge in [0.15, 0.2) is 35.1 Å². The molecule has 0 aromatic heterocycles. The van der Waals surface area contributed by atoms with Crippen molar-refractivity contribution in [3.8, 4) is 5.75 Å². The smallest absolute Gasteiger partial charge is 0.224 e. The number of benzene rings is 1. The van der Waals surface area contributed by atoms with E-state index in [-0.39, 0.29) is 119 Å². The van der Waals surface area contributed by atoms with Crippen LogP contribution in [0.1, 0.15) is 149 Å². The first kappa shape index (κ1) is 71.5. The Morgan fingerprint density at radius 1 is 0.481 bits per heavy atom. The Bertz CT molecular complexity index is 2320. The summed E-state index contributed by atoms with van der Waals surface area (Å²) in [5, 5.41) is 20.9. The van der Waals surface area contributed by atoms with E-state index in [9.17, 15) is 57.8 Å². The fourth-order valence-corrected chi connectivity index (χ4v) is 9.18. The molecular formula is C55H92N14O12. The van der Waals surface area contributed by atoms with Crippen molar-refractivity contribution in [2.24, 2.45) is 91.4 Å². The number of ketones is 4. The molecule has 0 saturated heterocycles. The summed E-state index contributed by atoms with van der Waals surface area (Å²) in [4.78, 5) is 156. The van der Waals surface area contributed by atoms with Gasteiger partial charge in [-0.1, -0.05) is 46.2 Å². The molecule has 26 heteroatoms. The van der Waals surface area contributed by atoms with Gasteiger partial charge in [0.25, 0.3) is 0 Å². The van der Waals surface area contributed by atoms with E-state index in [2.05, 4.69) is 31.3 Å². The number of aliphatic imine (C=N–C) groups is 2. The van der Waals surface area contributed by atoms with E-state index < -0.39 is 132 Å². The molecule has 454 valence electrons. The second kappa shape index (κ2) is 38.2. The molecule has 0 aliphatic heterocycles. The summed E-state index contributed by atoms with van der Waals surface area (Å²) in [6.45, 7) is 9.19. The minimum absolute atomic E-state index is 0.0422. The molecule has 21 N–H and O–H groups in total. The Morgan fingerprint density at radius 3 is 1.33 bits per heavy atom. The normalized spacial score (nSPS) is 14.1. The number of nitrogens with zero attached hydrogens (tertiary/aromatic N) is 2. The SMILES string of the molecule is CC(=O)N[C@@H](CCCN=C(N)N)C(=O)C[C@@H](CCC(N)=O)C(=O)N[C@@H](CCC(N)=O)C(=O)C[C@@H](Cc1ccc(O)cc1)C(=O)N[C@@H](CCCN=C(N)N)C(=O)C[C@@H](CCCCN)C(=O)N[C@@H](CC(C)C)C(=O)C[C@@H](CC(C)C)C(N)=O. The van der Waals surface area contributed by atoms with Gasteiger partial charge in [0.2, 0.25) is 41.4 Å². The number of hydrogen-bond acceptors (Lipinski definition) is 15. The molecule has 1 rings (SSSR count). The highest BCUT2D eigenvalue weighted by Crippen LogP contribution is 2.24. The first-order chi connectivity index (χ1) is 38.0. The molecule has 0 fully saturated rings. The zero-order valence-electron chi connectivity index (χ0n) is 47.9. The predicted molar refractivity (Wildman–Crippen MR) is 305 cm³/mol. The van der Waals surface area contributed by atoms with Crippen LogP contribution in [-0.4, -0.2) is 125 Å². The highest BCUT2D eigenvalue weighted by Gasteiger charge is 2.36. The van der Waals surface area contributed by atoms with Crippen LogP contribution >= 0.6 is 0 Å². The molecular weight excluding hydrogens is 1050 g/mol. The Hall–Kier alpha value is -7.51. The van der Waals surface area contributed by atoms with E-state index >= 15 is 0 Å². The highest BCUT2D eigenvalue weighted by atomic mass is 16.3. The summed E-state index contributed by atoms with van der Waals surface area (Å²) in [5.74, 6) is -12.3. The van der Waals surface area contributed by atoms with Crippen LogP contribution in [0.5, 0.6) is 5.75 Å². The largest absolute Gasteiger partial charge is 0.508 e. The first-order valence-electron chi connectivity index (χ1n) is 27.8. The second-order valence-electron chi connectivity index (χ2n) is 21.6. The summed E-state index contributed by atoms with van der Waals surface area (Å²) < 4.78 is 0. The molecule has 7 amide bonds. The lowest BCUT2D eigenvalue weighted by Gasteiger charge is -2.27. The van der Waals surface area contributed by atoms with Crippen molar-refractivity contribution in [2.45, 2.75) is 174 Å². The molecule has 0 saturated carbocycles. The fourth-order valence-electron chi connectivity index (χ4n) is 9.18. The molecule has 8 atom stereocenters. The molecule has 1 aromatic rings. The molecule has 0 radical (unpaired) electrons. The van der Waals surface area contributed by atoms with Crippen molar-refractivity contribution in [3.63, 3.8) is 0 Å². The maximum absolute atomic E-state index is 14.7. The van der Waals surface area contributed by atoms with E-state index in [0.717, 1.165) is 0 Å². The van der Waals surface area contributed by atoms with Crippen LogP contribution in [0.4, 0.5) is 0 Å². The van der Waals surface area contributed by atoms with E-state index in [1.54, 1.807) is 0 Å². The monoisotopic (exact) mass is 1140 g/mol. The molecule has 0 aliphatic carbocycles. The third-order valence-electron chi connectivity index (χ3n) is 13.4. The van der Waals surface area contributed by atoms with Gasteiger partial charge in [-0.15, -0.1) is 0 Å². The number of rotatable bonds is 44. The molecule has 1 aromatic carbocycles. The number of carbonyl (C=O) groups is 11. The standard InChI is InChI=1S/C55H92N14O12/c1-31(2)24-37(50(59)78)29-47(75)43(25-32(3)4)69-51(79)35(10-6-7-21-56)27-45(73)41(12-9-23-65-55(62)63)67-53(81)38(26-34-13-16-39(71)17-14-34)30-46(74)42(18-20-49(58)77)68-52(80)36(15-19-48(57)76)28-44(72)40(66-33(5)70)11-8-22-64-54(60)61/h13-14,16-17,31-32,35-38,40-43,71H,6-12,15,18-30,56H2,1-5H3,(H2,57,76)(H2,58,77)(H2,59,78)(H,66,70)(H,67,81)(H,68,80)(H,69,79)(H4,60,61,64)(H4,62,63,65)/t35-,36-,37-,38-,40+,41+,42+,43+/m1/s1. The molecule has 0 bridgehead atoms. The number of primary amides is 3. The maximum atomic E-state index is 14.7. The van der Waals surface area contributed by atoms with E-state index in [0.29, 0.717) is 31.4 Å². The van der Waals surface area contributed by atoms with Crippen molar-refractivity contribution in [2.75, 3.05) is 19.6 Å². The Morgan fingerprint density at radius 2 is 0.889 bits per heavy atom. The van der Waals surface area contributed by atoms with Crippen molar-refractivity contribution < 1.29 is 57.8 Å². The average molecular weight is 1140 g/mol. The lowest BCUT2D eigenvalue weighted by Crippen LogP contribution is -2.49. The van der Waals surface area contributed by atoms with Crippen LogP contribution in [0.15, 0.2) is 34.3 Å². The summed E-state index contributed by atoms with van der Waals surface area (Å²) in [7, 11) is 0. The van der Waals surface area contributed by atoms with Crippen LogP contribution in [0, 0.1) is 35.5 Å². The van der Waals surface area contributed by atoms with Crippen molar-refractivity contribution in [1.82, 2.24) is 21.3 Å². The van der Waals surface area contributed by atoms with E-state index in [1.807, 2.05) is 27.7 Å². The van der Waals surface area contributed by atoms with E-state index in [1.165, 1.54) is 31.2 Å². The predicted octanol–water partition coefficient (Wildman–Crippen LogP) is -0.460. The molecule has 0 spiro atoms. The molecule has 26 nitrogen and oxygen atoms in total. The van der Waals surface area contributed by atoms with Gasteiger partial charge in [-0.2, -0.15) is 0 Å². The number of aromatic hydroxyl groups is 1. The van der Waals surface area contributed by atoms with Crippen LogP contribution in [-0.2, 0) is 59.2 Å². The van der Waals surface area contributed by atoms with Crippen LogP contribution in [0.2, 0.25) is 0 Å². The number of amides is 7. The second-order valence-corrected chi connectivity index (χ2v) is 21.6. The number of guanidine groups is 2. The summed E-state index contributed by atoms with van der Waals surface area (Å²) in [5.41, 5.74) is 44.9. The first-order valence-corrected chi connectivity index (χ1v) is 27.8. The summed E-state index contributed by atoms with van der Waals surface area (Å²) in [6, 6.07) is 0.870. The highest BCUT2D eigenvalue weighted by molar-refractivity contribution is 5.98. The molecule has 81 heavy (non-hydrogen) atoms. The molecule has 0 heterocycles. The number of nitrogens with two attached hydrogens (primary N) is 8. The zero-order valence-corrected chi connectivity index (χ0v) is 47.9. The summed E-state index contributed by atoms with van der Waals surface area (Å²) >= 11 is 0. The van der Waals surface area contributed by atoms with Gasteiger partial charge in [-0.25, -0.2) is 0 Å². The number of Topliss-reactive ketones (excluding diaryl/α,β-unsaturated/α-hetero) is 4. The average Bonchev–Trinajstić information content (AvgIpc) is 3.36. The number of phenols is 1. The number of phenolic OH excluding ortho intramolecular Hbond substituents is 1. The van der Waals surface area contributed by atoms with Gasteiger partial charge in [0.05, 0.1) is 24.2 Å². The van der Waals surface area contributed by atoms with Gasteiger partial charge < -0.3 is 72.2 Å². The minimum Gasteiger partial charge on any atom is -0.508 e. The number of carbonyl (C=O) groups excluding carboxylic acids is 11. The van der Waals surface area contributed by atoms with Gasteiger partial charge >= 0.3 is 0 Å². The molecule has 0 unspecified atom stereocenters.